The fourth-order valence-electron chi connectivity index (χ4n) is 6.20. The van der Waals surface area contributed by atoms with Gasteiger partial charge in [-0.3, -0.25) is 4.79 Å². The fourth-order valence-corrected chi connectivity index (χ4v) is 6.20. The lowest BCUT2D eigenvalue weighted by Crippen LogP contribution is -2.09. The molecule has 0 aromatic heterocycles. The van der Waals surface area contributed by atoms with Crippen molar-refractivity contribution in [3.8, 4) is 23.0 Å². The van der Waals surface area contributed by atoms with Gasteiger partial charge in [0.1, 0.15) is 23.0 Å². The van der Waals surface area contributed by atoms with Crippen LogP contribution in [0.1, 0.15) is 137 Å². The van der Waals surface area contributed by atoms with E-state index in [1.807, 2.05) is 12.1 Å². The Hall–Kier alpha value is -4.89. The Kier molecular flexibility index (Phi) is 20.4. The SMILES string of the molecule is CCCCCCCCCOc1ccc(C(=O)Oc2ccc3cc(OC(=O)c4ccc(OCCCCCCCCOC(=O)CCCCCO)cc4)ccc3c2)cc1. The Morgan fingerprint density at radius 3 is 1.34 bits per heavy atom. The van der Waals surface area contributed by atoms with Crippen LogP contribution < -0.4 is 18.9 Å². The molecule has 0 amide bonds. The zero-order valence-corrected chi connectivity index (χ0v) is 33.1. The molecule has 0 saturated carbocycles. The molecule has 1 N–H and O–H groups in total. The summed E-state index contributed by atoms with van der Waals surface area (Å²) in [6.07, 6.45) is 17.4. The topological polar surface area (TPSA) is 118 Å². The number of aliphatic hydroxyl groups is 1. The molecule has 0 aliphatic carbocycles. The molecule has 0 fully saturated rings. The summed E-state index contributed by atoms with van der Waals surface area (Å²) in [6.45, 7) is 4.13. The first-order valence-electron chi connectivity index (χ1n) is 20.7. The first kappa shape index (κ1) is 43.8. The van der Waals surface area contributed by atoms with Crippen molar-refractivity contribution in [1.29, 1.82) is 0 Å². The summed E-state index contributed by atoms with van der Waals surface area (Å²) < 4.78 is 28.3. The Balaban J connectivity index is 1.10. The van der Waals surface area contributed by atoms with Crippen LogP contribution in [0.4, 0.5) is 0 Å². The van der Waals surface area contributed by atoms with Crippen molar-refractivity contribution in [2.24, 2.45) is 0 Å². The summed E-state index contributed by atoms with van der Waals surface area (Å²) in [5.41, 5.74) is 0.856. The van der Waals surface area contributed by atoms with Crippen LogP contribution in [0.5, 0.6) is 23.0 Å². The average molecular weight is 769 g/mol. The molecule has 9 heteroatoms. The minimum Gasteiger partial charge on any atom is -0.494 e. The van der Waals surface area contributed by atoms with Gasteiger partial charge < -0.3 is 28.8 Å². The molecule has 302 valence electrons. The highest BCUT2D eigenvalue weighted by molar-refractivity contribution is 5.94. The highest BCUT2D eigenvalue weighted by atomic mass is 16.5. The van der Waals surface area contributed by atoms with Gasteiger partial charge in [0.25, 0.3) is 0 Å². The molecule has 0 heterocycles. The van der Waals surface area contributed by atoms with Crippen molar-refractivity contribution in [3.63, 3.8) is 0 Å². The third-order valence-electron chi connectivity index (χ3n) is 9.51. The number of rotatable bonds is 28. The van der Waals surface area contributed by atoms with Crippen LogP contribution in [0.15, 0.2) is 84.9 Å². The Morgan fingerprint density at radius 2 is 0.875 bits per heavy atom. The highest BCUT2D eigenvalue weighted by Crippen LogP contribution is 2.27. The molecule has 4 rings (SSSR count). The molecule has 0 unspecified atom stereocenters. The molecule has 0 saturated heterocycles. The number of unbranched alkanes of at least 4 members (excludes halogenated alkanes) is 13. The predicted molar refractivity (Wildman–Crippen MR) is 220 cm³/mol. The van der Waals surface area contributed by atoms with Gasteiger partial charge in [-0.25, -0.2) is 9.59 Å². The second-order valence-corrected chi connectivity index (χ2v) is 14.2. The van der Waals surface area contributed by atoms with Gasteiger partial charge in [-0.05, 0) is 116 Å². The summed E-state index contributed by atoms with van der Waals surface area (Å²) >= 11 is 0. The number of esters is 3. The average Bonchev–Trinajstić information content (AvgIpc) is 3.21. The van der Waals surface area contributed by atoms with Crippen molar-refractivity contribution in [3.05, 3.63) is 96.1 Å². The van der Waals surface area contributed by atoms with Gasteiger partial charge in [-0.1, -0.05) is 89.7 Å². The minimum atomic E-state index is -0.469. The van der Waals surface area contributed by atoms with E-state index in [9.17, 15) is 14.4 Å². The van der Waals surface area contributed by atoms with Gasteiger partial charge >= 0.3 is 17.9 Å². The predicted octanol–water partition coefficient (Wildman–Crippen LogP) is 11.2. The lowest BCUT2D eigenvalue weighted by molar-refractivity contribution is -0.143. The van der Waals surface area contributed by atoms with E-state index >= 15 is 0 Å². The van der Waals surface area contributed by atoms with E-state index in [1.54, 1.807) is 72.8 Å². The fraction of sp³-hybridized carbons (Fsp3) is 0.468. The van der Waals surface area contributed by atoms with Gasteiger partial charge in [-0.2, -0.15) is 0 Å². The minimum absolute atomic E-state index is 0.148. The van der Waals surface area contributed by atoms with E-state index in [4.69, 9.17) is 28.8 Å². The molecular formula is C47H60O9. The van der Waals surface area contributed by atoms with Gasteiger partial charge in [0.05, 0.1) is 30.9 Å². The van der Waals surface area contributed by atoms with Crippen LogP contribution in [0.2, 0.25) is 0 Å². The van der Waals surface area contributed by atoms with Crippen LogP contribution in [0, 0.1) is 0 Å². The second kappa shape index (κ2) is 26.1. The number of hydrogen-bond acceptors (Lipinski definition) is 9. The highest BCUT2D eigenvalue weighted by Gasteiger charge is 2.12. The Morgan fingerprint density at radius 1 is 0.464 bits per heavy atom. The summed E-state index contributed by atoms with van der Waals surface area (Å²) in [5.74, 6) is 1.20. The molecule has 0 bridgehead atoms. The molecule has 4 aromatic carbocycles. The van der Waals surface area contributed by atoms with Gasteiger partial charge in [0, 0.05) is 13.0 Å². The Bertz CT molecular complexity index is 1730. The molecule has 56 heavy (non-hydrogen) atoms. The summed E-state index contributed by atoms with van der Waals surface area (Å²) in [4.78, 5) is 37.4. The largest absolute Gasteiger partial charge is 0.494 e. The number of carbonyl (C=O) groups excluding carboxylic acids is 3. The van der Waals surface area contributed by atoms with E-state index in [0.29, 0.717) is 54.6 Å². The maximum atomic E-state index is 12.9. The van der Waals surface area contributed by atoms with Crippen molar-refractivity contribution in [2.45, 2.75) is 116 Å². The van der Waals surface area contributed by atoms with Gasteiger partial charge in [0.2, 0.25) is 0 Å². The molecule has 9 nitrogen and oxygen atoms in total. The number of aliphatic hydroxyl groups excluding tert-OH is 1. The van der Waals surface area contributed by atoms with Crippen molar-refractivity contribution < 1.29 is 43.2 Å². The summed E-state index contributed by atoms with van der Waals surface area (Å²) in [5, 5.41) is 10.5. The maximum absolute atomic E-state index is 12.9. The molecule has 4 aromatic rings. The third kappa shape index (κ3) is 16.9. The van der Waals surface area contributed by atoms with Crippen molar-refractivity contribution in [1.82, 2.24) is 0 Å². The first-order valence-corrected chi connectivity index (χ1v) is 20.7. The zero-order valence-electron chi connectivity index (χ0n) is 33.1. The quantitative estimate of drug-likeness (QED) is 0.0342. The van der Waals surface area contributed by atoms with E-state index in [2.05, 4.69) is 6.92 Å². The monoisotopic (exact) mass is 768 g/mol. The molecule has 0 radical (unpaired) electrons. The van der Waals surface area contributed by atoms with Crippen LogP contribution in [-0.2, 0) is 9.53 Å². The van der Waals surface area contributed by atoms with Gasteiger partial charge in [-0.15, -0.1) is 0 Å². The van der Waals surface area contributed by atoms with Crippen LogP contribution >= 0.6 is 0 Å². The number of ether oxygens (including phenoxy) is 5. The second-order valence-electron chi connectivity index (χ2n) is 14.2. The van der Waals surface area contributed by atoms with Crippen molar-refractivity contribution >= 4 is 28.7 Å². The normalized spacial score (nSPS) is 11.0. The van der Waals surface area contributed by atoms with Crippen LogP contribution in [0.3, 0.4) is 0 Å². The number of fused-ring (bicyclic) bond motifs is 1. The molecule has 0 spiro atoms. The first-order chi connectivity index (χ1) is 27.4. The molecule has 0 atom stereocenters. The smallest absolute Gasteiger partial charge is 0.343 e. The van der Waals surface area contributed by atoms with Crippen LogP contribution in [0.25, 0.3) is 10.8 Å². The van der Waals surface area contributed by atoms with E-state index in [1.165, 1.54) is 38.5 Å². The summed E-state index contributed by atoms with van der Waals surface area (Å²) in [6, 6.07) is 24.6. The lowest BCUT2D eigenvalue weighted by atomic mass is 10.1. The third-order valence-corrected chi connectivity index (χ3v) is 9.51. The number of benzene rings is 4. The van der Waals surface area contributed by atoms with Crippen molar-refractivity contribution in [2.75, 3.05) is 26.4 Å². The molecule has 0 aliphatic rings. The zero-order chi connectivity index (χ0) is 39.6. The van der Waals surface area contributed by atoms with Gasteiger partial charge in [0.15, 0.2) is 0 Å². The van der Waals surface area contributed by atoms with Crippen LogP contribution in [-0.4, -0.2) is 49.4 Å². The number of hydrogen-bond donors (Lipinski definition) is 1. The van der Waals surface area contributed by atoms with E-state index in [0.717, 1.165) is 80.7 Å². The summed E-state index contributed by atoms with van der Waals surface area (Å²) in [7, 11) is 0. The Labute approximate surface area is 332 Å². The molecular weight excluding hydrogens is 709 g/mol. The standard InChI is InChI=1S/C47H60O9/c1-2-3-4-5-6-9-15-32-52-41-25-19-37(20-26-41)46(50)55-43-29-23-40-36-44(30-24-39(40)35-43)56-47(51)38-21-27-42(28-22-38)53-33-16-10-7-8-11-17-34-54-45(49)18-13-12-14-31-48/h19-30,35-36,48H,2-18,31-34H2,1H3. The van der Waals surface area contributed by atoms with E-state index < -0.39 is 11.9 Å². The molecule has 0 aliphatic heterocycles. The maximum Gasteiger partial charge on any atom is 0.343 e. The number of carbonyl (C=O) groups is 3. The lowest BCUT2D eigenvalue weighted by Gasteiger charge is -2.10. The van der Waals surface area contributed by atoms with E-state index in [-0.39, 0.29) is 12.6 Å².